The van der Waals surface area contributed by atoms with Crippen molar-refractivity contribution in [1.82, 2.24) is 15.1 Å². The van der Waals surface area contributed by atoms with E-state index in [-0.39, 0.29) is 11.4 Å². The summed E-state index contributed by atoms with van der Waals surface area (Å²) < 4.78 is 1.76. The highest BCUT2D eigenvalue weighted by atomic mass is 16.1. The quantitative estimate of drug-likeness (QED) is 0.809. The maximum atomic E-state index is 11.9. The van der Waals surface area contributed by atoms with Crippen LogP contribution in [0.5, 0.6) is 0 Å². The van der Waals surface area contributed by atoms with Crippen molar-refractivity contribution >= 4 is 5.91 Å². The molecule has 0 atom stereocenters. The van der Waals surface area contributed by atoms with E-state index >= 15 is 0 Å². The molecule has 1 fully saturated rings. The number of rotatable bonds is 5. The second kappa shape index (κ2) is 5.52. The molecule has 1 aliphatic carbocycles. The molecule has 1 heterocycles. The summed E-state index contributed by atoms with van der Waals surface area (Å²) in [5, 5.41) is 7.22. The number of hydrogen-bond donors (Lipinski definition) is 2. The Morgan fingerprint density at radius 3 is 2.83 bits per heavy atom. The number of hydrogen-bond acceptors (Lipinski definition) is 3. The van der Waals surface area contributed by atoms with Crippen LogP contribution in [0.1, 0.15) is 37.7 Å². The standard InChI is InChI=1S/C13H22N4O/c1-17-9-11(8-15-17)4-5-12(18)16-13(10-14)6-2-3-7-13/h8-9H,2-7,10,14H2,1H3,(H,16,18). The van der Waals surface area contributed by atoms with Crippen LogP contribution < -0.4 is 11.1 Å². The number of amides is 1. The minimum atomic E-state index is -0.133. The third-order valence-corrected chi connectivity index (χ3v) is 3.76. The number of aromatic nitrogens is 2. The summed E-state index contributed by atoms with van der Waals surface area (Å²) in [5.41, 5.74) is 6.76. The van der Waals surface area contributed by atoms with E-state index in [1.165, 1.54) is 12.8 Å². The fraction of sp³-hybridized carbons (Fsp3) is 0.692. The first kappa shape index (κ1) is 13.1. The molecule has 0 spiro atoms. The van der Waals surface area contributed by atoms with Gasteiger partial charge < -0.3 is 11.1 Å². The van der Waals surface area contributed by atoms with E-state index < -0.39 is 0 Å². The van der Waals surface area contributed by atoms with Crippen LogP contribution in [-0.2, 0) is 18.3 Å². The lowest BCUT2D eigenvalue weighted by Crippen LogP contribution is -2.51. The van der Waals surface area contributed by atoms with Gasteiger partial charge in [-0.05, 0) is 24.8 Å². The molecule has 5 heteroatoms. The van der Waals surface area contributed by atoms with Crippen LogP contribution in [0.2, 0.25) is 0 Å². The van der Waals surface area contributed by atoms with Crippen molar-refractivity contribution < 1.29 is 4.79 Å². The summed E-state index contributed by atoms with van der Waals surface area (Å²) in [4.78, 5) is 11.9. The monoisotopic (exact) mass is 250 g/mol. The molecule has 0 saturated heterocycles. The van der Waals surface area contributed by atoms with E-state index in [1.54, 1.807) is 4.68 Å². The lowest BCUT2D eigenvalue weighted by Gasteiger charge is -2.28. The minimum Gasteiger partial charge on any atom is -0.349 e. The molecule has 0 unspecified atom stereocenters. The van der Waals surface area contributed by atoms with Crippen molar-refractivity contribution in [3.8, 4) is 0 Å². The highest BCUT2D eigenvalue weighted by Crippen LogP contribution is 2.28. The van der Waals surface area contributed by atoms with Gasteiger partial charge in [-0.3, -0.25) is 9.48 Å². The molecule has 0 radical (unpaired) electrons. The smallest absolute Gasteiger partial charge is 0.220 e. The van der Waals surface area contributed by atoms with E-state index in [2.05, 4.69) is 10.4 Å². The highest BCUT2D eigenvalue weighted by molar-refractivity contribution is 5.77. The SMILES string of the molecule is Cn1cc(CCC(=O)NC2(CN)CCCC2)cn1. The fourth-order valence-corrected chi connectivity index (χ4v) is 2.65. The van der Waals surface area contributed by atoms with Gasteiger partial charge in [0, 0.05) is 26.2 Å². The Kier molecular flexibility index (Phi) is 4.01. The van der Waals surface area contributed by atoms with Gasteiger partial charge in [-0.25, -0.2) is 0 Å². The lowest BCUT2D eigenvalue weighted by atomic mass is 9.97. The molecule has 0 aromatic carbocycles. The van der Waals surface area contributed by atoms with Crippen LogP contribution >= 0.6 is 0 Å². The molecule has 1 amide bonds. The summed E-state index contributed by atoms with van der Waals surface area (Å²) >= 11 is 0. The van der Waals surface area contributed by atoms with Gasteiger partial charge in [0.25, 0.3) is 0 Å². The first-order valence-corrected chi connectivity index (χ1v) is 6.62. The molecule has 0 aliphatic heterocycles. The largest absolute Gasteiger partial charge is 0.349 e. The summed E-state index contributed by atoms with van der Waals surface area (Å²) in [6.07, 6.45) is 9.36. The van der Waals surface area contributed by atoms with Crippen molar-refractivity contribution in [3.63, 3.8) is 0 Å². The van der Waals surface area contributed by atoms with Crippen molar-refractivity contribution in [1.29, 1.82) is 0 Å². The summed E-state index contributed by atoms with van der Waals surface area (Å²) in [6.45, 7) is 0.547. The van der Waals surface area contributed by atoms with Crippen LogP contribution in [0.25, 0.3) is 0 Å². The third kappa shape index (κ3) is 3.10. The second-order valence-corrected chi connectivity index (χ2v) is 5.26. The predicted octanol–water partition coefficient (Wildman–Crippen LogP) is 0.740. The highest BCUT2D eigenvalue weighted by Gasteiger charge is 2.33. The average molecular weight is 250 g/mol. The zero-order valence-corrected chi connectivity index (χ0v) is 11.0. The van der Waals surface area contributed by atoms with E-state index in [9.17, 15) is 4.79 Å². The Labute approximate surface area is 108 Å². The molecule has 2 rings (SSSR count). The molecule has 18 heavy (non-hydrogen) atoms. The van der Waals surface area contributed by atoms with E-state index in [4.69, 9.17) is 5.73 Å². The lowest BCUT2D eigenvalue weighted by molar-refractivity contribution is -0.122. The Morgan fingerprint density at radius 1 is 1.56 bits per heavy atom. The minimum absolute atomic E-state index is 0.103. The second-order valence-electron chi connectivity index (χ2n) is 5.26. The Balaban J connectivity index is 1.81. The van der Waals surface area contributed by atoms with Crippen LogP contribution in [-0.4, -0.2) is 27.8 Å². The number of aryl methyl sites for hydroxylation is 2. The molecule has 1 aromatic rings. The van der Waals surface area contributed by atoms with Gasteiger partial charge in [0.15, 0.2) is 0 Å². The molecule has 1 aliphatic rings. The van der Waals surface area contributed by atoms with Gasteiger partial charge in [-0.15, -0.1) is 0 Å². The molecule has 100 valence electrons. The van der Waals surface area contributed by atoms with Crippen LogP contribution in [0.3, 0.4) is 0 Å². The Hall–Kier alpha value is -1.36. The number of nitrogens with zero attached hydrogens (tertiary/aromatic N) is 2. The van der Waals surface area contributed by atoms with Crippen molar-refractivity contribution in [2.24, 2.45) is 12.8 Å². The van der Waals surface area contributed by atoms with Gasteiger partial charge in [0.1, 0.15) is 0 Å². The van der Waals surface area contributed by atoms with Gasteiger partial charge in [0.05, 0.1) is 11.7 Å². The Morgan fingerprint density at radius 2 is 2.28 bits per heavy atom. The third-order valence-electron chi connectivity index (χ3n) is 3.76. The molecular weight excluding hydrogens is 228 g/mol. The first-order chi connectivity index (χ1) is 8.63. The van der Waals surface area contributed by atoms with Crippen LogP contribution in [0.15, 0.2) is 12.4 Å². The van der Waals surface area contributed by atoms with Crippen molar-refractivity contribution in [2.75, 3.05) is 6.54 Å². The van der Waals surface area contributed by atoms with Crippen LogP contribution in [0, 0.1) is 0 Å². The van der Waals surface area contributed by atoms with E-state index in [0.29, 0.717) is 13.0 Å². The van der Waals surface area contributed by atoms with E-state index in [1.807, 2.05) is 19.4 Å². The number of carbonyl (C=O) groups excluding carboxylic acids is 1. The molecule has 1 aromatic heterocycles. The summed E-state index contributed by atoms with van der Waals surface area (Å²) in [5.74, 6) is 0.103. The van der Waals surface area contributed by atoms with Crippen molar-refractivity contribution in [2.45, 2.75) is 44.1 Å². The first-order valence-electron chi connectivity index (χ1n) is 6.62. The summed E-state index contributed by atoms with van der Waals surface area (Å²) in [7, 11) is 1.88. The van der Waals surface area contributed by atoms with Gasteiger partial charge >= 0.3 is 0 Å². The number of carbonyl (C=O) groups is 1. The van der Waals surface area contributed by atoms with Crippen molar-refractivity contribution in [3.05, 3.63) is 18.0 Å². The van der Waals surface area contributed by atoms with Crippen LogP contribution in [0.4, 0.5) is 0 Å². The zero-order valence-electron chi connectivity index (χ0n) is 11.0. The maximum Gasteiger partial charge on any atom is 0.220 e. The predicted molar refractivity (Wildman–Crippen MR) is 69.9 cm³/mol. The van der Waals surface area contributed by atoms with Gasteiger partial charge in [-0.1, -0.05) is 12.8 Å². The number of nitrogens with two attached hydrogens (primary N) is 1. The van der Waals surface area contributed by atoms with E-state index in [0.717, 1.165) is 24.8 Å². The number of nitrogens with one attached hydrogen (secondary N) is 1. The van der Waals surface area contributed by atoms with Gasteiger partial charge in [-0.2, -0.15) is 5.10 Å². The molecular formula is C13H22N4O. The molecule has 3 N–H and O–H groups in total. The van der Waals surface area contributed by atoms with Gasteiger partial charge in [0.2, 0.25) is 5.91 Å². The molecule has 0 bridgehead atoms. The average Bonchev–Trinajstić information content (AvgIpc) is 2.97. The Bertz CT molecular complexity index is 407. The zero-order chi connectivity index (χ0) is 13.0. The normalized spacial score (nSPS) is 17.9. The topological polar surface area (TPSA) is 72.9 Å². The maximum absolute atomic E-state index is 11.9. The molecule has 5 nitrogen and oxygen atoms in total. The fourth-order valence-electron chi connectivity index (χ4n) is 2.65. The molecule has 1 saturated carbocycles. The summed E-state index contributed by atoms with van der Waals surface area (Å²) in [6, 6.07) is 0.